The van der Waals surface area contributed by atoms with E-state index in [1.54, 1.807) is 0 Å². The van der Waals surface area contributed by atoms with Gasteiger partial charge in [0.1, 0.15) is 5.82 Å². The molecule has 2 aromatic rings. The molecule has 1 aromatic heterocycles. The molecule has 1 N–H and O–H groups in total. The lowest BCUT2D eigenvalue weighted by Gasteiger charge is -2.14. The van der Waals surface area contributed by atoms with E-state index < -0.39 is 0 Å². The van der Waals surface area contributed by atoms with Crippen molar-refractivity contribution in [2.24, 2.45) is 5.92 Å². The number of aromatic amines is 1. The van der Waals surface area contributed by atoms with Gasteiger partial charge in [-0.3, -0.25) is 0 Å². The van der Waals surface area contributed by atoms with Gasteiger partial charge in [-0.15, -0.1) is 0 Å². The summed E-state index contributed by atoms with van der Waals surface area (Å²) >= 11 is 0. The summed E-state index contributed by atoms with van der Waals surface area (Å²) in [6.45, 7) is 0. The van der Waals surface area contributed by atoms with Gasteiger partial charge in [0.15, 0.2) is 0 Å². The maximum Gasteiger partial charge on any atom is 0.239 e. The van der Waals surface area contributed by atoms with Crippen LogP contribution in [0.25, 0.3) is 11.0 Å². The summed E-state index contributed by atoms with van der Waals surface area (Å²) in [6.07, 6.45) is 20.6. The molecule has 0 bridgehead atoms. The van der Waals surface area contributed by atoms with Crippen molar-refractivity contribution in [3.8, 4) is 0 Å². The van der Waals surface area contributed by atoms with Crippen molar-refractivity contribution in [3.63, 3.8) is 0 Å². The second kappa shape index (κ2) is 11.2. The van der Waals surface area contributed by atoms with Crippen molar-refractivity contribution in [1.82, 2.24) is 9.97 Å². The number of rotatable bonds is 4. The maximum absolute atomic E-state index is 13.0. The van der Waals surface area contributed by atoms with Crippen molar-refractivity contribution < 1.29 is 4.79 Å². The monoisotopic (exact) mass is 406 g/mol. The first-order valence-electron chi connectivity index (χ1n) is 12.8. The lowest BCUT2D eigenvalue weighted by Crippen LogP contribution is -2.29. The SMILES string of the molecule is O=C(Bc1ccc2nc(C3CCCCCCCC3)[nH]c2c1)C1CCCCCCCC1. The van der Waals surface area contributed by atoms with Crippen LogP contribution in [0.4, 0.5) is 0 Å². The zero-order chi connectivity index (χ0) is 20.6. The van der Waals surface area contributed by atoms with Crippen LogP contribution in [0.5, 0.6) is 0 Å². The Morgan fingerprint density at radius 1 is 0.800 bits per heavy atom. The molecule has 2 fully saturated rings. The fraction of sp³-hybridized carbons (Fsp3) is 0.692. The molecule has 0 aliphatic heterocycles. The Morgan fingerprint density at radius 2 is 1.37 bits per heavy atom. The van der Waals surface area contributed by atoms with Crippen molar-refractivity contribution >= 4 is 29.5 Å². The van der Waals surface area contributed by atoms with Gasteiger partial charge in [-0.25, -0.2) is 4.98 Å². The Labute approximate surface area is 183 Å². The van der Waals surface area contributed by atoms with Crippen LogP contribution in [0.3, 0.4) is 0 Å². The molecule has 162 valence electrons. The maximum atomic E-state index is 13.0. The minimum atomic E-state index is 0.273. The van der Waals surface area contributed by atoms with Gasteiger partial charge in [0.25, 0.3) is 0 Å². The molecule has 0 atom stereocenters. The highest BCUT2D eigenvalue weighted by molar-refractivity contribution is 6.84. The zero-order valence-corrected chi connectivity index (χ0v) is 18.8. The smallest absolute Gasteiger partial charge is 0.239 e. The molecule has 0 unspecified atom stereocenters. The minimum absolute atomic E-state index is 0.273. The molecule has 0 amide bonds. The topological polar surface area (TPSA) is 45.8 Å². The van der Waals surface area contributed by atoms with Gasteiger partial charge in [-0.2, -0.15) is 0 Å². The number of benzene rings is 1. The van der Waals surface area contributed by atoms with Crippen LogP contribution in [-0.4, -0.2) is 22.9 Å². The number of H-pyrrole nitrogens is 1. The van der Waals surface area contributed by atoms with Crippen LogP contribution < -0.4 is 5.46 Å². The molecule has 0 spiro atoms. The van der Waals surface area contributed by atoms with E-state index in [1.807, 2.05) is 0 Å². The number of carbonyl (C=O) groups is 1. The third-order valence-corrected chi connectivity index (χ3v) is 7.50. The Morgan fingerprint density at radius 3 is 2.00 bits per heavy atom. The molecule has 2 saturated carbocycles. The Bertz CT molecular complexity index is 794. The van der Waals surface area contributed by atoms with E-state index in [0.29, 0.717) is 18.9 Å². The molecule has 4 heteroatoms. The molecular weight excluding hydrogens is 367 g/mol. The average molecular weight is 406 g/mol. The van der Waals surface area contributed by atoms with Gasteiger partial charge in [-0.05, 0) is 37.8 Å². The lowest BCUT2D eigenvalue weighted by molar-refractivity contribution is -0.115. The molecular formula is C26H39BN2O. The van der Waals surface area contributed by atoms with Crippen LogP contribution in [0.15, 0.2) is 18.2 Å². The highest BCUT2D eigenvalue weighted by Gasteiger charge is 2.21. The summed E-state index contributed by atoms with van der Waals surface area (Å²) < 4.78 is 0. The molecule has 2 aliphatic rings. The van der Waals surface area contributed by atoms with Gasteiger partial charge < -0.3 is 9.78 Å². The summed E-state index contributed by atoms with van der Waals surface area (Å²) in [5.41, 5.74) is 3.78. The summed E-state index contributed by atoms with van der Waals surface area (Å²) in [5, 5.41) is 0. The van der Waals surface area contributed by atoms with Crippen molar-refractivity contribution in [3.05, 3.63) is 24.0 Å². The largest absolute Gasteiger partial charge is 0.342 e. The molecule has 2 aliphatic carbocycles. The van der Waals surface area contributed by atoms with Crippen LogP contribution >= 0.6 is 0 Å². The first-order chi connectivity index (χ1) is 14.8. The molecule has 0 saturated heterocycles. The minimum Gasteiger partial charge on any atom is -0.342 e. The quantitative estimate of drug-likeness (QED) is 0.622. The number of imidazole rings is 1. The highest BCUT2D eigenvalue weighted by Crippen LogP contribution is 2.30. The van der Waals surface area contributed by atoms with Gasteiger partial charge in [0, 0.05) is 11.8 Å². The molecule has 3 nitrogen and oxygen atoms in total. The fourth-order valence-corrected chi connectivity index (χ4v) is 5.59. The van der Waals surface area contributed by atoms with Gasteiger partial charge in [0.05, 0.1) is 16.7 Å². The van der Waals surface area contributed by atoms with E-state index in [0.717, 1.165) is 29.3 Å². The van der Waals surface area contributed by atoms with Crippen LogP contribution in [0.1, 0.15) is 114 Å². The summed E-state index contributed by atoms with van der Waals surface area (Å²) in [5.74, 6) is 2.01. The van der Waals surface area contributed by atoms with Crippen molar-refractivity contribution in [2.45, 2.75) is 109 Å². The number of nitrogens with one attached hydrogen (secondary N) is 1. The predicted octanol–water partition coefficient (Wildman–Crippen LogP) is 6.12. The van der Waals surface area contributed by atoms with Crippen molar-refractivity contribution in [1.29, 1.82) is 0 Å². The second-order valence-electron chi connectivity index (χ2n) is 9.91. The van der Waals surface area contributed by atoms with Crippen LogP contribution in [0, 0.1) is 5.92 Å². The summed E-state index contributed by atoms with van der Waals surface area (Å²) in [7, 11) is 0.582. The Balaban J connectivity index is 1.43. The predicted molar refractivity (Wildman–Crippen MR) is 128 cm³/mol. The van der Waals surface area contributed by atoms with Gasteiger partial charge in [0.2, 0.25) is 7.28 Å². The van der Waals surface area contributed by atoms with Gasteiger partial charge >= 0.3 is 0 Å². The molecule has 4 rings (SSSR count). The number of carbonyl (C=O) groups excluding carboxylic acids is 1. The van der Waals surface area contributed by atoms with E-state index in [-0.39, 0.29) is 5.92 Å². The number of hydrogen-bond donors (Lipinski definition) is 1. The van der Waals surface area contributed by atoms with Crippen LogP contribution in [-0.2, 0) is 4.79 Å². The Kier molecular flexibility index (Phi) is 8.05. The summed E-state index contributed by atoms with van der Waals surface area (Å²) in [4.78, 5) is 21.6. The normalized spacial score (nSPS) is 21.1. The summed E-state index contributed by atoms with van der Waals surface area (Å²) in [6, 6.07) is 6.44. The van der Waals surface area contributed by atoms with Gasteiger partial charge in [-0.1, -0.05) is 88.6 Å². The Hall–Kier alpha value is -1.58. The molecule has 1 aromatic carbocycles. The third kappa shape index (κ3) is 5.98. The van der Waals surface area contributed by atoms with E-state index in [2.05, 4.69) is 23.2 Å². The standard InChI is InChI=1S/C26H39BN2O/c30-25(20-13-9-5-1-2-6-10-14-20)27-22-17-18-23-24(19-22)29-26(28-23)21-15-11-7-3-4-8-12-16-21/h17-21,27H,1-16H2,(H,28,29). The first-order valence-corrected chi connectivity index (χ1v) is 12.8. The lowest BCUT2D eigenvalue weighted by atomic mass is 9.61. The number of nitrogens with zero attached hydrogens (tertiary/aromatic N) is 1. The fourth-order valence-electron chi connectivity index (χ4n) is 5.59. The molecule has 0 radical (unpaired) electrons. The molecule has 1 heterocycles. The third-order valence-electron chi connectivity index (χ3n) is 7.50. The zero-order valence-electron chi connectivity index (χ0n) is 18.8. The average Bonchev–Trinajstić information content (AvgIpc) is 3.25. The number of fused-ring (bicyclic) bond motifs is 1. The van der Waals surface area contributed by atoms with E-state index in [9.17, 15) is 4.79 Å². The number of hydrogen-bond acceptors (Lipinski definition) is 2. The number of aromatic nitrogens is 2. The van der Waals surface area contributed by atoms with Crippen LogP contribution in [0.2, 0.25) is 0 Å². The highest BCUT2D eigenvalue weighted by atomic mass is 16.1. The molecule has 30 heavy (non-hydrogen) atoms. The van der Waals surface area contributed by atoms with E-state index in [1.165, 1.54) is 95.7 Å². The second-order valence-corrected chi connectivity index (χ2v) is 9.91. The van der Waals surface area contributed by atoms with Crippen molar-refractivity contribution in [2.75, 3.05) is 0 Å². The van der Waals surface area contributed by atoms with E-state index >= 15 is 0 Å². The van der Waals surface area contributed by atoms with E-state index in [4.69, 9.17) is 4.98 Å². The first kappa shape index (κ1) is 21.6.